The summed E-state index contributed by atoms with van der Waals surface area (Å²) in [6.45, 7) is 24.4. The summed E-state index contributed by atoms with van der Waals surface area (Å²) in [4.78, 5) is 51.4. The molecule has 1 heterocycles. The van der Waals surface area contributed by atoms with Gasteiger partial charge in [0.2, 0.25) is 0 Å². The lowest BCUT2D eigenvalue weighted by Gasteiger charge is -2.25. The Bertz CT molecular complexity index is 1210. The van der Waals surface area contributed by atoms with Crippen molar-refractivity contribution in [3.05, 3.63) is 0 Å². The monoisotopic (exact) mass is 995 g/mol. The van der Waals surface area contributed by atoms with Crippen molar-refractivity contribution in [3.63, 3.8) is 0 Å². The van der Waals surface area contributed by atoms with Gasteiger partial charge in [-0.3, -0.25) is 19.3 Å². The zero-order valence-electron chi connectivity index (χ0n) is 47.3. The second kappa shape index (κ2) is 45.6. The molecule has 416 valence electrons. The predicted molar refractivity (Wildman–Crippen MR) is 295 cm³/mol. The molecule has 0 aromatic carbocycles. The lowest BCUT2D eigenvalue weighted by atomic mass is 9.87. The van der Waals surface area contributed by atoms with E-state index in [0.717, 1.165) is 109 Å². The minimum Gasteiger partial charge on any atom is -0.465 e. The summed E-state index contributed by atoms with van der Waals surface area (Å²) in [6, 6.07) is -0.392. The number of nitrogens with zero attached hydrogens (tertiary/aromatic N) is 2. The molecule has 1 aliphatic heterocycles. The van der Waals surface area contributed by atoms with Crippen LogP contribution < -0.4 is 0 Å². The fraction of sp³-hybridized carbons (Fsp3) is 0.933. The third-order valence-corrected chi connectivity index (χ3v) is 14.5. The molecule has 1 rings (SSSR count). The molecule has 0 N–H and O–H groups in total. The predicted octanol–water partition coefficient (Wildman–Crippen LogP) is 15.5. The van der Waals surface area contributed by atoms with Gasteiger partial charge in [-0.1, -0.05) is 190 Å². The molecule has 10 heteroatoms. The number of carbonyl (C=O) groups is 4. The van der Waals surface area contributed by atoms with Crippen molar-refractivity contribution < 1.29 is 38.1 Å². The number of hydrogen-bond donors (Lipinski definition) is 0. The molecule has 0 radical (unpaired) electrons. The Hall–Kier alpha value is -2.04. The summed E-state index contributed by atoms with van der Waals surface area (Å²) >= 11 is 0. The molecule has 0 saturated carbocycles. The zero-order chi connectivity index (χ0) is 51.6. The standard InChI is InChI=1S/C58H112N2O7.CH2O.CH4/c1-11-15-23-33-50(34-24-16-12-2)37-31-44-64-49-57(5,6)40-27-20-22-30-45-65-55(62)53-47-52(67-54(61)39-43-59(9)10)48-60(53)42-29-21-19-28-41-58(7,8)56(63)66-46-32-38-51(35-25-17-13-3)36-26-18-14-4;1-2;/h50-53H,11-49H2,1-10H3;1H2;1H4/t52-,53?;;/m1../s1. The van der Waals surface area contributed by atoms with Crippen LogP contribution in [0.3, 0.4) is 0 Å². The molecule has 0 aromatic rings. The van der Waals surface area contributed by atoms with Crippen molar-refractivity contribution in [2.75, 3.05) is 60.2 Å². The third-order valence-electron chi connectivity index (χ3n) is 14.5. The van der Waals surface area contributed by atoms with E-state index in [4.69, 9.17) is 23.7 Å². The quantitative estimate of drug-likeness (QED) is 0.0332. The van der Waals surface area contributed by atoms with Gasteiger partial charge in [-0.25, -0.2) is 0 Å². The van der Waals surface area contributed by atoms with Gasteiger partial charge < -0.3 is 28.6 Å². The molecule has 10 nitrogen and oxygen atoms in total. The first-order valence-electron chi connectivity index (χ1n) is 29.0. The molecule has 0 aromatic heterocycles. The van der Waals surface area contributed by atoms with E-state index in [1.54, 1.807) is 0 Å². The first-order chi connectivity index (χ1) is 33.2. The number of esters is 3. The maximum atomic E-state index is 13.5. The highest BCUT2D eigenvalue weighted by Crippen LogP contribution is 2.29. The van der Waals surface area contributed by atoms with E-state index in [0.29, 0.717) is 39.1 Å². The highest BCUT2D eigenvalue weighted by molar-refractivity contribution is 5.77. The van der Waals surface area contributed by atoms with Crippen LogP contribution in [-0.2, 0) is 38.1 Å². The van der Waals surface area contributed by atoms with Crippen LogP contribution in [-0.4, -0.2) is 107 Å². The van der Waals surface area contributed by atoms with E-state index in [2.05, 4.69) is 46.4 Å². The van der Waals surface area contributed by atoms with Crippen molar-refractivity contribution in [2.45, 2.75) is 280 Å². The van der Waals surface area contributed by atoms with Crippen molar-refractivity contribution in [1.29, 1.82) is 0 Å². The largest absolute Gasteiger partial charge is 0.465 e. The van der Waals surface area contributed by atoms with E-state index in [1.807, 2.05) is 39.6 Å². The van der Waals surface area contributed by atoms with Gasteiger partial charge >= 0.3 is 17.9 Å². The van der Waals surface area contributed by atoms with Crippen LogP contribution in [0.2, 0.25) is 0 Å². The SMILES string of the molecule is C.C=O.CCCCCC(CCCCC)CCCOCC(C)(C)CCCCCCOC(=O)C1C[C@@H](OC(=O)CCN(C)C)CN1CCCCCCC(C)(C)C(=O)OCCCC(CCCCC)CCCCC. The van der Waals surface area contributed by atoms with Crippen molar-refractivity contribution >= 4 is 24.7 Å². The van der Waals surface area contributed by atoms with Gasteiger partial charge in [0, 0.05) is 26.1 Å². The number of hydrogen-bond acceptors (Lipinski definition) is 10. The van der Waals surface area contributed by atoms with Crippen LogP contribution in [0.4, 0.5) is 0 Å². The molecule has 0 bridgehead atoms. The van der Waals surface area contributed by atoms with E-state index < -0.39 is 11.5 Å². The Morgan fingerprint density at radius 3 is 1.60 bits per heavy atom. The van der Waals surface area contributed by atoms with Crippen LogP contribution in [0, 0.1) is 22.7 Å². The summed E-state index contributed by atoms with van der Waals surface area (Å²) in [6.07, 6.45) is 36.4. The lowest BCUT2D eigenvalue weighted by molar-refractivity contribution is -0.154. The van der Waals surface area contributed by atoms with Crippen LogP contribution in [0.25, 0.3) is 0 Å². The molecule has 70 heavy (non-hydrogen) atoms. The zero-order valence-corrected chi connectivity index (χ0v) is 47.3. The van der Waals surface area contributed by atoms with Crippen molar-refractivity contribution in [2.24, 2.45) is 22.7 Å². The molecule has 0 amide bonds. The molecule has 1 unspecified atom stereocenters. The number of unbranched alkanes of at least 4 members (excludes halogenated alkanes) is 14. The van der Waals surface area contributed by atoms with E-state index in [-0.39, 0.29) is 36.9 Å². The molecule has 0 aliphatic carbocycles. The minimum absolute atomic E-state index is 0. The second-order valence-electron chi connectivity index (χ2n) is 22.6. The molecular weight excluding hydrogens is 877 g/mol. The van der Waals surface area contributed by atoms with Gasteiger partial charge in [-0.15, -0.1) is 0 Å². The molecule has 1 fully saturated rings. The topological polar surface area (TPSA) is 112 Å². The molecule has 2 atom stereocenters. The Morgan fingerprint density at radius 2 is 1.07 bits per heavy atom. The summed E-state index contributed by atoms with van der Waals surface area (Å²) in [5, 5.41) is 0. The molecule has 0 spiro atoms. The highest BCUT2D eigenvalue weighted by atomic mass is 16.6. The number of likely N-dealkylation sites (tertiary alicyclic amines) is 1. The second-order valence-corrected chi connectivity index (χ2v) is 22.6. The normalized spacial score (nSPS) is 15.3. The van der Waals surface area contributed by atoms with Crippen LogP contribution in [0.5, 0.6) is 0 Å². The Labute approximate surface area is 434 Å². The van der Waals surface area contributed by atoms with Gasteiger partial charge in [0.05, 0.1) is 31.7 Å². The Morgan fingerprint density at radius 1 is 0.600 bits per heavy atom. The smallest absolute Gasteiger partial charge is 0.323 e. The summed E-state index contributed by atoms with van der Waals surface area (Å²) < 4.78 is 23.8. The van der Waals surface area contributed by atoms with Gasteiger partial charge in [0.15, 0.2) is 0 Å². The third kappa shape index (κ3) is 37.7. The Balaban J connectivity index is 0. The van der Waals surface area contributed by atoms with Gasteiger partial charge in [0.1, 0.15) is 18.9 Å². The van der Waals surface area contributed by atoms with Gasteiger partial charge in [-0.2, -0.15) is 0 Å². The molecule has 1 aliphatic rings. The first kappa shape index (κ1) is 70.0. The summed E-state index contributed by atoms with van der Waals surface area (Å²) in [5.74, 6) is 1.15. The van der Waals surface area contributed by atoms with Crippen molar-refractivity contribution in [3.8, 4) is 0 Å². The fourth-order valence-corrected chi connectivity index (χ4v) is 9.89. The molecular formula is C60H118N2O8. The number of rotatable bonds is 46. The van der Waals surface area contributed by atoms with Crippen LogP contribution in [0.15, 0.2) is 0 Å². The Kier molecular flexibility index (Phi) is 45.6. The highest BCUT2D eigenvalue weighted by Gasteiger charge is 2.39. The molecule has 1 saturated heterocycles. The summed E-state index contributed by atoms with van der Waals surface area (Å²) in [7, 11) is 3.90. The van der Waals surface area contributed by atoms with Gasteiger partial charge in [-0.05, 0) is 103 Å². The average molecular weight is 996 g/mol. The first-order valence-corrected chi connectivity index (χ1v) is 29.0. The average Bonchev–Trinajstić information content (AvgIpc) is 3.72. The van der Waals surface area contributed by atoms with Crippen molar-refractivity contribution in [1.82, 2.24) is 9.80 Å². The lowest BCUT2D eigenvalue weighted by Crippen LogP contribution is -2.38. The van der Waals surface area contributed by atoms with E-state index in [9.17, 15) is 14.4 Å². The maximum absolute atomic E-state index is 13.5. The van der Waals surface area contributed by atoms with Crippen LogP contribution >= 0.6 is 0 Å². The fourth-order valence-electron chi connectivity index (χ4n) is 9.89. The van der Waals surface area contributed by atoms with E-state index in [1.165, 1.54) is 116 Å². The number of ether oxygens (including phenoxy) is 4. The van der Waals surface area contributed by atoms with Crippen LogP contribution in [0.1, 0.15) is 268 Å². The van der Waals surface area contributed by atoms with E-state index >= 15 is 0 Å². The maximum Gasteiger partial charge on any atom is 0.323 e. The van der Waals surface area contributed by atoms with Gasteiger partial charge in [0.25, 0.3) is 0 Å². The summed E-state index contributed by atoms with van der Waals surface area (Å²) in [5.41, 5.74) is -0.327. The number of carbonyl (C=O) groups excluding carboxylic acids is 4. The minimum atomic E-state index is -0.495.